The van der Waals surface area contributed by atoms with Crippen molar-refractivity contribution in [1.29, 1.82) is 0 Å². The van der Waals surface area contributed by atoms with Gasteiger partial charge in [0.1, 0.15) is 5.75 Å². The number of hydrogen-bond donors (Lipinski definition) is 1. The van der Waals surface area contributed by atoms with Crippen molar-refractivity contribution in [1.82, 2.24) is 5.32 Å². The zero-order chi connectivity index (χ0) is 15.2. The Kier molecular flexibility index (Phi) is 5.70. The van der Waals surface area contributed by atoms with Crippen LogP contribution in [0.5, 0.6) is 11.5 Å². The van der Waals surface area contributed by atoms with Gasteiger partial charge >= 0.3 is 0 Å². The van der Waals surface area contributed by atoms with Crippen LogP contribution in [0.2, 0.25) is 0 Å². The molecule has 2 aromatic carbocycles. The second kappa shape index (κ2) is 7.52. The van der Waals surface area contributed by atoms with E-state index in [2.05, 4.69) is 21.2 Å². The quantitative estimate of drug-likeness (QED) is 0.734. The summed E-state index contributed by atoms with van der Waals surface area (Å²) in [5.41, 5.74) is 0.557. The zero-order valence-electron chi connectivity index (χ0n) is 11.6. The van der Waals surface area contributed by atoms with E-state index in [1.165, 1.54) is 12.1 Å². The molecule has 0 aliphatic carbocycles. The Morgan fingerprint density at radius 1 is 1.10 bits per heavy atom. The Balaban J connectivity index is 2.14. The molecule has 0 aliphatic rings. The van der Waals surface area contributed by atoms with Crippen molar-refractivity contribution in [3.8, 4) is 11.5 Å². The highest BCUT2D eigenvalue weighted by atomic mass is 79.9. The van der Waals surface area contributed by atoms with Crippen LogP contribution in [0.3, 0.4) is 0 Å². The van der Waals surface area contributed by atoms with E-state index in [4.69, 9.17) is 4.74 Å². The standard InChI is InChI=1S/C16H16BrF2NO/c1-2-7-20-10-11-8-14(18)16(15(19)9-11)21-13-5-3-12(17)4-6-13/h3-6,8-9,20H,2,7,10H2,1H3. The molecule has 0 bridgehead atoms. The van der Waals surface area contributed by atoms with Crippen LogP contribution >= 0.6 is 15.9 Å². The number of halogens is 3. The summed E-state index contributed by atoms with van der Waals surface area (Å²) in [6, 6.07) is 9.35. The molecule has 2 nitrogen and oxygen atoms in total. The van der Waals surface area contributed by atoms with Crippen LogP contribution < -0.4 is 10.1 Å². The Morgan fingerprint density at radius 3 is 2.29 bits per heavy atom. The van der Waals surface area contributed by atoms with E-state index in [0.717, 1.165) is 17.4 Å². The Labute approximate surface area is 131 Å². The van der Waals surface area contributed by atoms with Gasteiger partial charge in [0, 0.05) is 11.0 Å². The largest absolute Gasteiger partial charge is 0.451 e. The van der Waals surface area contributed by atoms with Crippen LogP contribution in [-0.2, 0) is 6.54 Å². The van der Waals surface area contributed by atoms with Gasteiger partial charge in [-0.15, -0.1) is 0 Å². The van der Waals surface area contributed by atoms with Crippen molar-refractivity contribution < 1.29 is 13.5 Å². The highest BCUT2D eigenvalue weighted by molar-refractivity contribution is 9.10. The van der Waals surface area contributed by atoms with Gasteiger partial charge in [0.2, 0.25) is 0 Å². The Hall–Kier alpha value is -1.46. The summed E-state index contributed by atoms with van der Waals surface area (Å²) in [4.78, 5) is 0. The van der Waals surface area contributed by atoms with Gasteiger partial charge in [-0.05, 0) is 54.9 Å². The third-order valence-electron chi connectivity index (χ3n) is 2.85. The third kappa shape index (κ3) is 4.51. The normalized spacial score (nSPS) is 10.7. The van der Waals surface area contributed by atoms with Crippen LogP contribution in [-0.4, -0.2) is 6.54 Å². The van der Waals surface area contributed by atoms with E-state index in [1.807, 2.05) is 6.92 Å². The van der Waals surface area contributed by atoms with Crippen LogP contribution in [0.4, 0.5) is 8.78 Å². The molecule has 1 N–H and O–H groups in total. The van der Waals surface area contributed by atoms with E-state index in [-0.39, 0.29) is 5.75 Å². The van der Waals surface area contributed by atoms with Gasteiger partial charge in [-0.3, -0.25) is 0 Å². The minimum atomic E-state index is -0.703. The van der Waals surface area contributed by atoms with E-state index < -0.39 is 11.6 Å². The Bertz CT molecular complexity index is 579. The van der Waals surface area contributed by atoms with E-state index in [9.17, 15) is 8.78 Å². The van der Waals surface area contributed by atoms with Crippen molar-refractivity contribution in [3.63, 3.8) is 0 Å². The smallest absolute Gasteiger partial charge is 0.198 e. The molecular weight excluding hydrogens is 340 g/mol. The predicted octanol–water partition coefficient (Wildman–Crippen LogP) is 5.02. The van der Waals surface area contributed by atoms with Gasteiger partial charge in [0.25, 0.3) is 0 Å². The van der Waals surface area contributed by atoms with Crippen molar-refractivity contribution in [2.45, 2.75) is 19.9 Å². The lowest BCUT2D eigenvalue weighted by Gasteiger charge is -2.10. The van der Waals surface area contributed by atoms with Crippen molar-refractivity contribution in [3.05, 3.63) is 58.1 Å². The topological polar surface area (TPSA) is 21.3 Å². The predicted molar refractivity (Wildman–Crippen MR) is 82.6 cm³/mol. The number of rotatable bonds is 6. The first-order valence-corrected chi connectivity index (χ1v) is 7.51. The first kappa shape index (κ1) is 15.9. The number of hydrogen-bond acceptors (Lipinski definition) is 2. The molecule has 0 aromatic heterocycles. The molecule has 0 aliphatic heterocycles. The molecule has 0 atom stereocenters. The monoisotopic (exact) mass is 355 g/mol. The molecule has 0 amide bonds. The van der Waals surface area contributed by atoms with Crippen LogP contribution in [0.25, 0.3) is 0 Å². The minimum Gasteiger partial charge on any atom is -0.451 e. The average Bonchev–Trinajstić information content (AvgIpc) is 2.45. The second-order valence-corrected chi connectivity index (χ2v) is 5.54. The molecule has 0 fully saturated rings. The lowest BCUT2D eigenvalue weighted by atomic mass is 10.2. The lowest BCUT2D eigenvalue weighted by molar-refractivity contribution is 0.406. The summed E-state index contributed by atoms with van der Waals surface area (Å²) >= 11 is 3.29. The fourth-order valence-electron chi connectivity index (χ4n) is 1.84. The van der Waals surface area contributed by atoms with E-state index in [0.29, 0.717) is 17.9 Å². The van der Waals surface area contributed by atoms with Crippen LogP contribution in [0.1, 0.15) is 18.9 Å². The third-order valence-corrected chi connectivity index (χ3v) is 3.38. The molecule has 0 radical (unpaired) electrons. The van der Waals surface area contributed by atoms with E-state index in [1.54, 1.807) is 24.3 Å². The first-order chi connectivity index (χ1) is 10.1. The highest BCUT2D eigenvalue weighted by Gasteiger charge is 2.13. The van der Waals surface area contributed by atoms with Crippen molar-refractivity contribution in [2.24, 2.45) is 0 Å². The molecule has 0 heterocycles. The van der Waals surface area contributed by atoms with Gasteiger partial charge in [-0.25, -0.2) is 8.78 Å². The molecule has 2 rings (SSSR count). The van der Waals surface area contributed by atoms with Crippen LogP contribution in [0, 0.1) is 11.6 Å². The molecule has 0 saturated carbocycles. The Morgan fingerprint density at radius 2 is 1.71 bits per heavy atom. The van der Waals surface area contributed by atoms with Gasteiger partial charge in [-0.1, -0.05) is 22.9 Å². The summed E-state index contributed by atoms with van der Waals surface area (Å²) in [6.07, 6.45) is 0.968. The minimum absolute atomic E-state index is 0.378. The van der Waals surface area contributed by atoms with Crippen molar-refractivity contribution in [2.75, 3.05) is 6.54 Å². The fraction of sp³-hybridized carbons (Fsp3) is 0.250. The summed E-state index contributed by atoms with van der Waals surface area (Å²) < 4.78 is 34.1. The SMILES string of the molecule is CCCNCc1cc(F)c(Oc2ccc(Br)cc2)c(F)c1. The highest BCUT2D eigenvalue weighted by Crippen LogP contribution is 2.29. The molecule has 112 valence electrons. The molecule has 5 heteroatoms. The lowest BCUT2D eigenvalue weighted by Crippen LogP contribution is -2.14. The maximum absolute atomic E-state index is 14.0. The molecule has 21 heavy (non-hydrogen) atoms. The second-order valence-electron chi connectivity index (χ2n) is 4.62. The zero-order valence-corrected chi connectivity index (χ0v) is 13.2. The molecule has 0 unspecified atom stereocenters. The summed E-state index contributed by atoms with van der Waals surface area (Å²) in [6.45, 7) is 3.27. The number of ether oxygens (including phenoxy) is 1. The summed E-state index contributed by atoms with van der Waals surface area (Å²) in [5, 5.41) is 3.10. The van der Waals surface area contributed by atoms with E-state index >= 15 is 0 Å². The molecular formula is C16H16BrF2NO. The van der Waals surface area contributed by atoms with Gasteiger partial charge < -0.3 is 10.1 Å². The molecule has 0 spiro atoms. The van der Waals surface area contributed by atoms with Gasteiger partial charge in [-0.2, -0.15) is 0 Å². The van der Waals surface area contributed by atoms with Crippen molar-refractivity contribution >= 4 is 15.9 Å². The van der Waals surface area contributed by atoms with Gasteiger partial charge in [0.05, 0.1) is 0 Å². The maximum atomic E-state index is 14.0. The van der Waals surface area contributed by atoms with Crippen LogP contribution in [0.15, 0.2) is 40.9 Å². The average molecular weight is 356 g/mol. The molecule has 2 aromatic rings. The fourth-order valence-corrected chi connectivity index (χ4v) is 2.11. The summed E-state index contributed by atoms with van der Waals surface area (Å²) in [5.74, 6) is -1.40. The first-order valence-electron chi connectivity index (χ1n) is 6.72. The number of benzene rings is 2. The summed E-state index contributed by atoms with van der Waals surface area (Å²) in [7, 11) is 0. The molecule has 0 saturated heterocycles. The number of nitrogens with one attached hydrogen (secondary N) is 1. The van der Waals surface area contributed by atoms with Gasteiger partial charge in [0.15, 0.2) is 17.4 Å². The maximum Gasteiger partial charge on any atom is 0.198 e.